The standard InChI is InChI=1S/C24H22ClFN4O4/c1-29(2)24(33)16-5-4-6-17(12-16)30(14-15-7-8-19(26)18(25)11-15)22(32)13-20(31)23-27-10-9-21(28-23)34-3/h4-12H,13-14H2,1-3H3. The van der Waals surface area contributed by atoms with E-state index < -0.39 is 23.9 Å². The third-order valence-corrected chi connectivity index (χ3v) is 5.13. The first-order valence-electron chi connectivity index (χ1n) is 10.2. The topological polar surface area (TPSA) is 92.7 Å². The Morgan fingerprint density at radius 3 is 2.53 bits per heavy atom. The van der Waals surface area contributed by atoms with Gasteiger partial charge in [-0.3, -0.25) is 14.4 Å². The van der Waals surface area contributed by atoms with Crippen molar-refractivity contribution in [3.05, 3.63) is 82.5 Å². The summed E-state index contributed by atoms with van der Waals surface area (Å²) in [5.74, 6) is -1.97. The summed E-state index contributed by atoms with van der Waals surface area (Å²) in [4.78, 5) is 49.0. The lowest BCUT2D eigenvalue weighted by molar-refractivity contribution is -0.117. The van der Waals surface area contributed by atoms with Crippen molar-refractivity contribution in [3.63, 3.8) is 0 Å². The summed E-state index contributed by atoms with van der Waals surface area (Å²) in [6.45, 7) is -0.00924. The number of methoxy groups -OCH3 is 1. The van der Waals surface area contributed by atoms with E-state index in [4.69, 9.17) is 16.3 Å². The number of ether oxygens (including phenoxy) is 1. The predicted octanol–water partition coefficient (Wildman–Crippen LogP) is 3.79. The highest BCUT2D eigenvalue weighted by Gasteiger charge is 2.23. The van der Waals surface area contributed by atoms with Crippen LogP contribution in [0.25, 0.3) is 0 Å². The van der Waals surface area contributed by atoms with E-state index in [1.165, 1.54) is 47.4 Å². The molecule has 0 aliphatic rings. The largest absolute Gasteiger partial charge is 0.481 e. The lowest BCUT2D eigenvalue weighted by Crippen LogP contribution is -2.32. The normalized spacial score (nSPS) is 10.5. The fourth-order valence-electron chi connectivity index (χ4n) is 3.11. The minimum Gasteiger partial charge on any atom is -0.481 e. The van der Waals surface area contributed by atoms with Gasteiger partial charge in [0.15, 0.2) is 5.82 Å². The van der Waals surface area contributed by atoms with Crippen LogP contribution < -0.4 is 9.64 Å². The minimum absolute atomic E-state index is 0.00924. The molecule has 0 unspecified atom stereocenters. The van der Waals surface area contributed by atoms with Crippen LogP contribution in [-0.4, -0.2) is 53.7 Å². The van der Waals surface area contributed by atoms with Gasteiger partial charge in [-0.25, -0.2) is 9.37 Å². The summed E-state index contributed by atoms with van der Waals surface area (Å²) in [5, 5.41) is -0.0951. The number of anilines is 1. The lowest BCUT2D eigenvalue weighted by Gasteiger charge is -2.24. The molecular weight excluding hydrogens is 463 g/mol. The Bertz CT molecular complexity index is 1240. The maximum absolute atomic E-state index is 13.6. The third-order valence-electron chi connectivity index (χ3n) is 4.84. The number of carbonyl (C=O) groups excluding carboxylic acids is 3. The number of nitrogens with zero attached hydrogens (tertiary/aromatic N) is 4. The molecule has 0 fully saturated rings. The number of Topliss-reactive ketones (excluding diaryl/α,β-unsaturated/α-hetero) is 1. The van der Waals surface area contributed by atoms with E-state index in [0.29, 0.717) is 16.8 Å². The van der Waals surface area contributed by atoms with Gasteiger partial charge >= 0.3 is 0 Å². The molecule has 2 amide bonds. The first kappa shape index (κ1) is 24.8. The molecule has 3 aromatic rings. The Balaban J connectivity index is 1.94. The van der Waals surface area contributed by atoms with Gasteiger partial charge in [-0.15, -0.1) is 0 Å². The highest BCUT2D eigenvalue weighted by Crippen LogP contribution is 2.23. The Hall–Kier alpha value is -3.85. The van der Waals surface area contributed by atoms with E-state index >= 15 is 0 Å². The Morgan fingerprint density at radius 2 is 1.85 bits per heavy atom. The zero-order valence-corrected chi connectivity index (χ0v) is 19.5. The van der Waals surface area contributed by atoms with Crippen LogP contribution in [0.3, 0.4) is 0 Å². The van der Waals surface area contributed by atoms with Crippen LogP contribution in [0.2, 0.25) is 5.02 Å². The Kier molecular flexibility index (Phi) is 7.91. The molecule has 0 N–H and O–H groups in total. The predicted molar refractivity (Wildman–Crippen MR) is 125 cm³/mol. The van der Waals surface area contributed by atoms with E-state index in [1.807, 2.05) is 0 Å². The monoisotopic (exact) mass is 484 g/mol. The molecule has 0 radical (unpaired) electrons. The molecule has 3 rings (SSSR count). The van der Waals surface area contributed by atoms with E-state index in [1.54, 1.807) is 38.4 Å². The van der Waals surface area contributed by atoms with Crippen LogP contribution >= 0.6 is 11.6 Å². The number of ketones is 1. The van der Waals surface area contributed by atoms with Crippen molar-refractivity contribution in [1.29, 1.82) is 0 Å². The number of rotatable bonds is 8. The summed E-state index contributed by atoms with van der Waals surface area (Å²) in [5.41, 5.74) is 1.28. The average Bonchev–Trinajstić information content (AvgIpc) is 2.84. The number of aromatic nitrogens is 2. The van der Waals surface area contributed by atoms with Gasteiger partial charge in [0.2, 0.25) is 17.6 Å². The van der Waals surface area contributed by atoms with Gasteiger partial charge in [0.05, 0.1) is 25.1 Å². The van der Waals surface area contributed by atoms with Gasteiger partial charge in [-0.1, -0.05) is 23.7 Å². The lowest BCUT2D eigenvalue weighted by atomic mass is 10.1. The maximum atomic E-state index is 13.6. The SMILES string of the molecule is COc1ccnc(C(=O)CC(=O)N(Cc2ccc(F)c(Cl)c2)c2cccc(C(=O)N(C)C)c2)n1. The Morgan fingerprint density at radius 1 is 1.09 bits per heavy atom. The minimum atomic E-state index is -0.605. The molecule has 8 nitrogen and oxygen atoms in total. The van der Waals surface area contributed by atoms with Crippen molar-refractivity contribution >= 4 is 34.9 Å². The molecule has 34 heavy (non-hydrogen) atoms. The summed E-state index contributed by atoms with van der Waals surface area (Å²) >= 11 is 5.91. The molecular formula is C24H22ClFN4O4. The number of halogens is 2. The van der Waals surface area contributed by atoms with Crippen molar-refractivity contribution in [2.75, 3.05) is 26.1 Å². The molecule has 176 valence electrons. The molecule has 10 heteroatoms. The second-order valence-electron chi connectivity index (χ2n) is 7.50. The molecule has 1 heterocycles. The molecule has 0 saturated carbocycles. The van der Waals surface area contributed by atoms with Crippen molar-refractivity contribution < 1.29 is 23.5 Å². The first-order chi connectivity index (χ1) is 16.2. The fourth-order valence-corrected chi connectivity index (χ4v) is 3.31. The van der Waals surface area contributed by atoms with Gasteiger partial charge < -0.3 is 14.5 Å². The van der Waals surface area contributed by atoms with Crippen LogP contribution in [0.1, 0.15) is 33.0 Å². The fraction of sp³-hybridized carbons (Fsp3) is 0.208. The van der Waals surface area contributed by atoms with E-state index in [9.17, 15) is 18.8 Å². The van der Waals surface area contributed by atoms with Crippen molar-refractivity contribution in [2.45, 2.75) is 13.0 Å². The van der Waals surface area contributed by atoms with Gasteiger partial charge in [0.1, 0.15) is 5.82 Å². The van der Waals surface area contributed by atoms with Crippen LogP contribution in [-0.2, 0) is 11.3 Å². The smallest absolute Gasteiger partial charge is 0.253 e. The third kappa shape index (κ3) is 5.93. The van der Waals surface area contributed by atoms with Crippen molar-refractivity contribution in [3.8, 4) is 5.88 Å². The summed E-state index contributed by atoms with van der Waals surface area (Å²) < 4.78 is 18.6. The zero-order chi connectivity index (χ0) is 24.8. The first-order valence-corrected chi connectivity index (χ1v) is 10.5. The van der Waals surface area contributed by atoms with Crippen molar-refractivity contribution in [1.82, 2.24) is 14.9 Å². The van der Waals surface area contributed by atoms with Gasteiger partial charge in [0, 0.05) is 37.6 Å². The van der Waals surface area contributed by atoms with Gasteiger partial charge in [-0.2, -0.15) is 4.98 Å². The van der Waals surface area contributed by atoms with Crippen LogP contribution in [0.4, 0.5) is 10.1 Å². The number of carbonyl (C=O) groups is 3. The summed E-state index contributed by atoms with van der Waals surface area (Å²) in [6, 6.07) is 12.0. The van der Waals surface area contributed by atoms with Gasteiger partial charge in [0.25, 0.3) is 5.91 Å². The highest BCUT2D eigenvalue weighted by atomic mass is 35.5. The van der Waals surface area contributed by atoms with E-state index in [2.05, 4.69) is 9.97 Å². The molecule has 0 aliphatic heterocycles. The maximum Gasteiger partial charge on any atom is 0.253 e. The molecule has 0 atom stereocenters. The van der Waals surface area contributed by atoms with Crippen LogP contribution in [0.5, 0.6) is 5.88 Å². The van der Waals surface area contributed by atoms with E-state index in [-0.39, 0.29) is 29.2 Å². The molecule has 2 aromatic carbocycles. The van der Waals surface area contributed by atoms with Crippen LogP contribution in [0.15, 0.2) is 54.7 Å². The zero-order valence-electron chi connectivity index (χ0n) is 18.8. The highest BCUT2D eigenvalue weighted by molar-refractivity contribution is 6.30. The summed E-state index contributed by atoms with van der Waals surface area (Å²) in [7, 11) is 4.63. The second kappa shape index (κ2) is 10.8. The number of hydrogen-bond acceptors (Lipinski definition) is 6. The number of amides is 2. The Labute approximate surface area is 200 Å². The average molecular weight is 485 g/mol. The molecule has 0 aliphatic carbocycles. The second-order valence-corrected chi connectivity index (χ2v) is 7.91. The van der Waals surface area contributed by atoms with E-state index in [0.717, 1.165) is 0 Å². The molecule has 0 bridgehead atoms. The molecule has 0 saturated heterocycles. The number of hydrogen-bond donors (Lipinski definition) is 0. The quantitative estimate of drug-likeness (QED) is 0.357. The molecule has 1 aromatic heterocycles. The summed E-state index contributed by atoms with van der Waals surface area (Å²) in [6.07, 6.45) is 0.826. The van der Waals surface area contributed by atoms with Gasteiger partial charge in [-0.05, 0) is 35.9 Å². The van der Waals surface area contributed by atoms with Crippen LogP contribution in [0, 0.1) is 5.82 Å². The van der Waals surface area contributed by atoms with Crippen molar-refractivity contribution in [2.24, 2.45) is 0 Å². The number of benzene rings is 2. The molecule has 0 spiro atoms.